The fraction of sp³-hybridized carbons (Fsp3) is 0.316. The van der Waals surface area contributed by atoms with Gasteiger partial charge in [-0.15, -0.1) is 0 Å². The molecule has 1 aliphatic rings. The highest BCUT2D eigenvalue weighted by atomic mass is 16.3. The number of rotatable bonds is 4. The van der Waals surface area contributed by atoms with Crippen LogP contribution >= 0.6 is 0 Å². The summed E-state index contributed by atoms with van der Waals surface area (Å²) >= 11 is 0. The smallest absolute Gasteiger partial charge is 0.343 e. The molecule has 26 heavy (non-hydrogen) atoms. The topological polar surface area (TPSA) is 84.1 Å². The van der Waals surface area contributed by atoms with Gasteiger partial charge in [-0.2, -0.15) is 5.10 Å². The summed E-state index contributed by atoms with van der Waals surface area (Å²) in [6.07, 6.45) is 3.04. The van der Waals surface area contributed by atoms with Crippen LogP contribution in [0.25, 0.3) is 0 Å². The molecule has 0 radical (unpaired) electrons. The number of amides is 1. The Morgan fingerprint density at radius 3 is 2.62 bits per heavy atom. The lowest BCUT2D eigenvalue weighted by molar-refractivity contribution is 0.0678. The first-order valence-electron chi connectivity index (χ1n) is 8.74. The molecule has 1 fully saturated rings. The van der Waals surface area contributed by atoms with Gasteiger partial charge in [-0.25, -0.2) is 9.89 Å². The molecule has 1 aliphatic heterocycles. The van der Waals surface area contributed by atoms with Crippen molar-refractivity contribution in [1.29, 1.82) is 0 Å². The maximum Gasteiger partial charge on any atom is 0.343 e. The number of nitrogens with one attached hydrogen (secondary N) is 1. The van der Waals surface area contributed by atoms with Crippen LogP contribution in [0.5, 0.6) is 0 Å². The summed E-state index contributed by atoms with van der Waals surface area (Å²) in [6, 6.07) is 13.2. The maximum absolute atomic E-state index is 12.4. The number of benzene rings is 1. The third-order valence-electron chi connectivity index (χ3n) is 4.85. The summed E-state index contributed by atoms with van der Waals surface area (Å²) < 4.78 is 6.89. The minimum atomic E-state index is -0.196. The lowest BCUT2D eigenvalue weighted by Crippen LogP contribution is -2.38. The highest BCUT2D eigenvalue weighted by molar-refractivity contribution is 5.91. The molecule has 134 valence electrons. The van der Waals surface area contributed by atoms with Crippen LogP contribution in [0.3, 0.4) is 0 Å². The fourth-order valence-electron chi connectivity index (χ4n) is 3.46. The zero-order valence-electron chi connectivity index (χ0n) is 14.3. The van der Waals surface area contributed by atoms with Gasteiger partial charge in [-0.05, 0) is 30.5 Å². The molecule has 0 aliphatic carbocycles. The van der Waals surface area contributed by atoms with E-state index in [-0.39, 0.29) is 17.5 Å². The monoisotopic (exact) mass is 352 g/mol. The van der Waals surface area contributed by atoms with E-state index in [1.807, 2.05) is 30.3 Å². The Morgan fingerprint density at radius 2 is 1.92 bits per heavy atom. The molecule has 0 atom stereocenters. The van der Waals surface area contributed by atoms with Gasteiger partial charge in [-0.3, -0.25) is 9.36 Å². The molecule has 1 amide bonds. The summed E-state index contributed by atoms with van der Waals surface area (Å²) in [5.41, 5.74) is 0.862. The van der Waals surface area contributed by atoms with Crippen LogP contribution in [-0.4, -0.2) is 38.7 Å². The van der Waals surface area contributed by atoms with Gasteiger partial charge in [0.05, 0.1) is 12.8 Å². The first-order chi connectivity index (χ1) is 12.7. The second-order valence-corrected chi connectivity index (χ2v) is 6.50. The van der Waals surface area contributed by atoms with Gasteiger partial charge in [0.25, 0.3) is 5.91 Å². The third-order valence-corrected chi connectivity index (χ3v) is 4.85. The molecule has 0 unspecified atom stereocenters. The highest BCUT2D eigenvalue weighted by Gasteiger charge is 2.28. The predicted molar refractivity (Wildman–Crippen MR) is 95.0 cm³/mol. The molecule has 0 bridgehead atoms. The van der Waals surface area contributed by atoms with Crippen LogP contribution in [0.2, 0.25) is 0 Å². The quantitative estimate of drug-likeness (QED) is 0.780. The molecule has 3 heterocycles. The number of H-pyrrole nitrogens is 1. The molecule has 2 aromatic heterocycles. The summed E-state index contributed by atoms with van der Waals surface area (Å²) in [5, 5.41) is 6.83. The molecular formula is C19H20N4O3. The van der Waals surface area contributed by atoms with Crippen molar-refractivity contribution in [3.05, 3.63) is 76.4 Å². The third kappa shape index (κ3) is 3.20. The van der Waals surface area contributed by atoms with E-state index in [0.717, 1.165) is 24.2 Å². The first-order valence-corrected chi connectivity index (χ1v) is 8.74. The molecule has 0 spiro atoms. The molecule has 7 heteroatoms. The van der Waals surface area contributed by atoms with Gasteiger partial charge < -0.3 is 9.32 Å². The number of carbonyl (C=O) groups excluding carboxylic acids is 1. The van der Waals surface area contributed by atoms with Crippen molar-refractivity contribution in [3.8, 4) is 0 Å². The second-order valence-electron chi connectivity index (χ2n) is 6.50. The van der Waals surface area contributed by atoms with Crippen LogP contribution in [0.1, 0.15) is 40.7 Å². The lowest BCUT2D eigenvalue weighted by atomic mass is 9.95. The van der Waals surface area contributed by atoms with Gasteiger partial charge in [0.2, 0.25) is 0 Å². The molecule has 4 rings (SSSR count). The number of aromatic amines is 1. The molecule has 0 saturated carbocycles. The first kappa shape index (κ1) is 16.4. The van der Waals surface area contributed by atoms with E-state index < -0.39 is 0 Å². The lowest BCUT2D eigenvalue weighted by Gasteiger charge is -2.31. The van der Waals surface area contributed by atoms with Crippen LogP contribution in [-0.2, 0) is 6.54 Å². The van der Waals surface area contributed by atoms with E-state index in [0.29, 0.717) is 25.4 Å². The van der Waals surface area contributed by atoms with Crippen molar-refractivity contribution in [2.24, 2.45) is 0 Å². The number of piperidine rings is 1. The predicted octanol–water partition coefficient (Wildman–Crippen LogP) is 2.23. The van der Waals surface area contributed by atoms with Gasteiger partial charge in [0.15, 0.2) is 5.76 Å². The van der Waals surface area contributed by atoms with Gasteiger partial charge in [-0.1, -0.05) is 30.3 Å². The van der Waals surface area contributed by atoms with Crippen LogP contribution in [0.15, 0.2) is 57.9 Å². The summed E-state index contributed by atoms with van der Waals surface area (Å²) in [5.74, 6) is 1.20. The van der Waals surface area contributed by atoms with Gasteiger partial charge in [0.1, 0.15) is 5.82 Å². The Balaban J connectivity index is 1.47. The maximum atomic E-state index is 12.4. The van der Waals surface area contributed by atoms with E-state index in [4.69, 9.17) is 4.42 Å². The van der Waals surface area contributed by atoms with Crippen molar-refractivity contribution in [1.82, 2.24) is 19.7 Å². The van der Waals surface area contributed by atoms with Crippen LogP contribution in [0, 0.1) is 0 Å². The number of likely N-dealkylation sites (tertiary alicyclic amines) is 1. The number of aromatic nitrogens is 3. The average molecular weight is 352 g/mol. The Morgan fingerprint density at radius 1 is 1.15 bits per heavy atom. The summed E-state index contributed by atoms with van der Waals surface area (Å²) in [6.45, 7) is 1.74. The van der Waals surface area contributed by atoms with Crippen molar-refractivity contribution in [3.63, 3.8) is 0 Å². The standard InChI is InChI=1S/C19H20N4O3/c24-18(16-7-4-12-26-16)22-10-8-15(9-11-22)17-20-21-19(25)23(17)13-14-5-2-1-3-6-14/h1-7,12,15H,8-11,13H2,(H,21,25). The number of nitrogens with zero attached hydrogens (tertiary/aromatic N) is 3. The average Bonchev–Trinajstić information content (AvgIpc) is 3.33. The van der Waals surface area contributed by atoms with Crippen molar-refractivity contribution < 1.29 is 9.21 Å². The largest absolute Gasteiger partial charge is 0.459 e. The van der Waals surface area contributed by atoms with E-state index in [1.165, 1.54) is 6.26 Å². The van der Waals surface area contributed by atoms with E-state index in [9.17, 15) is 9.59 Å². The highest BCUT2D eigenvalue weighted by Crippen LogP contribution is 2.27. The molecule has 1 N–H and O–H groups in total. The second kappa shape index (κ2) is 7.03. The zero-order chi connectivity index (χ0) is 17.9. The summed E-state index contributed by atoms with van der Waals surface area (Å²) in [4.78, 5) is 26.3. The van der Waals surface area contributed by atoms with E-state index >= 15 is 0 Å². The summed E-state index contributed by atoms with van der Waals surface area (Å²) in [7, 11) is 0. The molecule has 7 nitrogen and oxygen atoms in total. The van der Waals surface area contributed by atoms with Crippen molar-refractivity contribution in [2.45, 2.75) is 25.3 Å². The Kier molecular flexibility index (Phi) is 4.43. The zero-order valence-corrected chi connectivity index (χ0v) is 14.3. The molecule has 1 aromatic carbocycles. The Labute approximate surface area is 150 Å². The number of furan rings is 1. The van der Waals surface area contributed by atoms with E-state index in [2.05, 4.69) is 10.2 Å². The Bertz CT molecular complexity index is 919. The Hall–Kier alpha value is -3.09. The fourth-order valence-corrected chi connectivity index (χ4v) is 3.46. The number of carbonyl (C=O) groups is 1. The number of hydrogen-bond acceptors (Lipinski definition) is 4. The van der Waals surface area contributed by atoms with Crippen LogP contribution in [0.4, 0.5) is 0 Å². The van der Waals surface area contributed by atoms with Crippen molar-refractivity contribution >= 4 is 5.91 Å². The van der Waals surface area contributed by atoms with Gasteiger partial charge >= 0.3 is 5.69 Å². The molecular weight excluding hydrogens is 332 g/mol. The SMILES string of the molecule is O=C(c1ccco1)N1CCC(c2n[nH]c(=O)n2Cc2ccccc2)CC1. The minimum Gasteiger partial charge on any atom is -0.459 e. The van der Waals surface area contributed by atoms with Crippen LogP contribution < -0.4 is 5.69 Å². The normalized spacial score (nSPS) is 15.3. The molecule has 1 saturated heterocycles. The van der Waals surface area contributed by atoms with Crippen molar-refractivity contribution in [2.75, 3.05) is 13.1 Å². The van der Waals surface area contributed by atoms with E-state index in [1.54, 1.807) is 21.6 Å². The number of hydrogen-bond donors (Lipinski definition) is 1. The van der Waals surface area contributed by atoms with Gasteiger partial charge in [0, 0.05) is 19.0 Å². The minimum absolute atomic E-state index is 0.0860. The molecule has 3 aromatic rings.